The molecule has 0 aliphatic carbocycles. The highest BCUT2D eigenvalue weighted by Gasteiger charge is 2.08. The summed E-state index contributed by atoms with van der Waals surface area (Å²) in [6.07, 6.45) is 5.09. The van der Waals surface area contributed by atoms with Gasteiger partial charge in [-0.15, -0.1) is 0 Å². The molecule has 1 unspecified atom stereocenters. The molecule has 2 heterocycles. The van der Waals surface area contributed by atoms with Gasteiger partial charge in [-0.1, -0.05) is 6.92 Å². The predicted octanol–water partition coefficient (Wildman–Crippen LogP) is 2.67. The third-order valence-corrected chi connectivity index (χ3v) is 3.75. The van der Waals surface area contributed by atoms with Crippen LogP contribution < -0.4 is 5.32 Å². The van der Waals surface area contributed by atoms with Crippen molar-refractivity contribution < 1.29 is 0 Å². The van der Waals surface area contributed by atoms with Gasteiger partial charge in [-0.25, -0.2) is 0 Å². The van der Waals surface area contributed by atoms with E-state index in [1.807, 2.05) is 10.9 Å². The molecule has 110 valence electrons. The van der Waals surface area contributed by atoms with Gasteiger partial charge in [0.05, 0.1) is 11.4 Å². The third-order valence-electron chi connectivity index (χ3n) is 3.75. The van der Waals surface area contributed by atoms with Crippen LogP contribution in [0, 0.1) is 6.92 Å². The molecule has 0 aromatic carbocycles. The summed E-state index contributed by atoms with van der Waals surface area (Å²) in [5.74, 6) is 0. The van der Waals surface area contributed by atoms with Crippen molar-refractivity contribution in [2.75, 3.05) is 0 Å². The molecule has 2 aromatic heterocycles. The molecule has 0 aliphatic heterocycles. The summed E-state index contributed by atoms with van der Waals surface area (Å²) in [6.45, 7) is 11.2. The molecule has 2 rings (SSSR count). The van der Waals surface area contributed by atoms with Crippen molar-refractivity contribution in [1.82, 2.24) is 24.9 Å². The summed E-state index contributed by atoms with van der Waals surface area (Å²) in [6, 6.07) is 2.54. The van der Waals surface area contributed by atoms with Crippen molar-refractivity contribution in [3.63, 3.8) is 0 Å². The topological polar surface area (TPSA) is 47.7 Å². The lowest BCUT2D eigenvalue weighted by Crippen LogP contribution is -2.18. The first-order valence-corrected chi connectivity index (χ1v) is 7.41. The molecule has 5 nitrogen and oxygen atoms in total. The standard InChI is InChI=1S/C15H25N5/c1-5-12(3)20-15(7-8-17-20)10-16-9-14-11-19(6-2)18-13(14)4/h7-8,11-12,16H,5-6,9-10H2,1-4H3. The highest BCUT2D eigenvalue weighted by atomic mass is 15.3. The molecule has 2 aromatic rings. The minimum absolute atomic E-state index is 0.450. The minimum Gasteiger partial charge on any atom is -0.307 e. The zero-order valence-corrected chi connectivity index (χ0v) is 12.9. The van der Waals surface area contributed by atoms with E-state index in [1.54, 1.807) is 0 Å². The maximum absolute atomic E-state index is 4.46. The van der Waals surface area contributed by atoms with E-state index >= 15 is 0 Å². The Hall–Kier alpha value is -1.62. The minimum atomic E-state index is 0.450. The molecule has 1 N–H and O–H groups in total. The maximum atomic E-state index is 4.46. The predicted molar refractivity (Wildman–Crippen MR) is 80.4 cm³/mol. The van der Waals surface area contributed by atoms with Gasteiger partial charge in [0, 0.05) is 43.6 Å². The largest absolute Gasteiger partial charge is 0.307 e. The lowest BCUT2D eigenvalue weighted by molar-refractivity contribution is 0.451. The number of nitrogens with zero attached hydrogens (tertiary/aromatic N) is 4. The van der Waals surface area contributed by atoms with Gasteiger partial charge in [0.2, 0.25) is 0 Å². The van der Waals surface area contributed by atoms with Gasteiger partial charge < -0.3 is 5.32 Å². The molecule has 0 saturated carbocycles. The number of hydrogen-bond acceptors (Lipinski definition) is 3. The smallest absolute Gasteiger partial charge is 0.0638 e. The fourth-order valence-corrected chi connectivity index (χ4v) is 2.27. The van der Waals surface area contributed by atoms with E-state index in [4.69, 9.17) is 0 Å². The van der Waals surface area contributed by atoms with E-state index in [9.17, 15) is 0 Å². The molecule has 0 radical (unpaired) electrons. The summed E-state index contributed by atoms with van der Waals surface area (Å²) in [4.78, 5) is 0. The van der Waals surface area contributed by atoms with Crippen molar-refractivity contribution in [3.05, 3.63) is 35.4 Å². The van der Waals surface area contributed by atoms with Crippen LogP contribution in [0.15, 0.2) is 18.5 Å². The van der Waals surface area contributed by atoms with Crippen LogP contribution in [0.1, 0.15) is 50.2 Å². The summed E-state index contributed by atoms with van der Waals surface area (Å²) >= 11 is 0. The van der Waals surface area contributed by atoms with Gasteiger partial charge in [0.25, 0.3) is 0 Å². The highest BCUT2D eigenvalue weighted by molar-refractivity contribution is 5.15. The fourth-order valence-electron chi connectivity index (χ4n) is 2.27. The van der Waals surface area contributed by atoms with Gasteiger partial charge in [-0.05, 0) is 33.3 Å². The maximum Gasteiger partial charge on any atom is 0.0638 e. The van der Waals surface area contributed by atoms with Gasteiger partial charge in [0.15, 0.2) is 0 Å². The lowest BCUT2D eigenvalue weighted by atomic mass is 10.2. The summed E-state index contributed by atoms with van der Waals surface area (Å²) < 4.78 is 4.09. The highest BCUT2D eigenvalue weighted by Crippen LogP contribution is 2.12. The average Bonchev–Trinajstić information content (AvgIpc) is 3.05. The first kappa shape index (κ1) is 14.8. The van der Waals surface area contributed by atoms with E-state index in [-0.39, 0.29) is 0 Å². The van der Waals surface area contributed by atoms with Gasteiger partial charge in [-0.2, -0.15) is 10.2 Å². The molecule has 0 bridgehead atoms. The van der Waals surface area contributed by atoms with E-state index in [2.05, 4.69) is 60.2 Å². The van der Waals surface area contributed by atoms with E-state index in [0.29, 0.717) is 6.04 Å². The van der Waals surface area contributed by atoms with Gasteiger partial charge in [0.1, 0.15) is 0 Å². The monoisotopic (exact) mass is 275 g/mol. The van der Waals surface area contributed by atoms with Crippen molar-refractivity contribution in [2.24, 2.45) is 0 Å². The molecule has 1 atom stereocenters. The number of aromatic nitrogens is 4. The van der Waals surface area contributed by atoms with Crippen LogP contribution in [-0.2, 0) is 19.6 Å². The van der Waals surface area contributed by atoms with E-state index < -0.39 is 0 Å². The first-order chi connectivity index (χ1) is 9.65. The van der Waals surface area contributed by atoms with Crippen LogP contribution in [0.3, 0.4) is 0 Å². The van der Waals surface area contributed by atoms with Crippen LogP contribution in [0.25, 0.3) is 0 Å². The summed E-state index contributed by atoms with van der Waals surface area (Å²) in [5.41, 5.74) is 3.61. The summed E-state index contributed by atoms with van der Waals surface area (Å²) in [5, 5.41) is 12.4. The third kappa shape index (κ3) is 3.28. The molecule has 0 saturated heterocycles. The van der Waals surface area contributed by atoms with Crippen LogP contribution in [0.2, 0.25) is 0 Å². The molecule has 0 amide bonds. The molecule has 0 spiro atoms. The second-order valence-corrected chi connectivity index (χ2v) is 5.22. The molecule has 0 fully saturated rings. The quantitative estimate of drug-likeness (QED) is 0.845. The van der Waals surface area contributed by atoms with Crippen LogP contribution >= 0.6 is 0 Å². The Morgan fingerprint density at radius 3 is 2.75 bits per heavy atom. The Kier molecular flexibility index (Phi) is 4.95. The first-order valence-electron chi connectivity index (χ1n) is 7.41. The Balaban J connectivity index is 1.93. The lowest BCUT2D eigenvalue weighted by Gasteiger charge is -2.14. The second-order valence-electron chi connectivity index (χ2n) is 5.22. The van der Waals surface area contributed by atoms with E-state index in [1.165, 1.54) is 11.3 Å². The molecule has 5 heteroatoms. The number of hydrogen-bond donors (Lipinski definition) is 1. The molecule has 20 heavy (non-hydrogen) atoms. The van der Waals surface area contributed by atoms with Gasteiger partial charge >= 0.3 is 0 Å². The Labute approximate surface area is 121 Å². The SMILES string of the molecule is CCC(C)n1nccc1CNCc1cn(CC)nc1C. The Morgan fingerprint density at radius 2 is 2.10 bits per heavy atom. The van der Waals surface area contributed by atoms with Crippen LogP contribution in [0.4, 0.5) is 0 Å². The van der Waals surface area contributed by atoms with Crippen LogP contribution in [-0.4, -0.2) is 19.6 Å². The number of aryl methyl sites for hydroxylation is 2. The zero-order valence-electron chi connectivity index (χ0n) is 12.9. The fraction of sp³-hybridized carbons (Fsp3) is 0.600. The van der Waals surface area contributed by atoms with Crippen LogP contribution in [0.5, 0.6) is 0 Å². The number of nitrogens with one attached hydrogen (secondary N) is 1. The zero-order chi connectivity index (χ0) is 14.5. The second kappa shape index (κ2) is 6.70. The van der Waals surface area contributed by atoms with Crippen molar-refractivity contribution in [1.29, 1.82) is 0 Å². The molecular weight excluding hydrogens is 250 g/mol. The van der Waals surface area contributed by atoms with Crippen molar-refractivity contribution in [2.45, 2.75) is 59.8 Å². The van der Waals surface area contributed by atoms with Crippen molar-refractivity contribution >= 4 is 0 Å². The Bertz CT molecular complexity index is 540. The van der Waals surface area contributed by atoms with Crippen molar-refractivity contribution in [3.8, 4) is 0 Å². The number of rotatable bonds is 7. The average molecular weight is 275 g/mol. The van der Waals surface area contributed by atoms with Gasteiger partial charge in [-0.3, -0.25) is 9.36 Å². The molecular formula is C15H25N5. The normalized spacial score (nSPS) is 12.8. The summed E-state index contributed by atoms with van der Waals surface area (Å²) in [7, 11) is 0. The van der Waals surface area contributed by atoms with E-state index in [0.717, 1.165) is 31.7 Å². The molecule has 0 aliphatic rings. The Morgan fingerprint density at radius 1 is 1.30 bits per heavy atom.